The summed E-state index contributed by atoms with van der Waals surface area (Å²) in [6.45, 7) is 2.75. The fourth-order valence-electron chi connectivity index (χ4n) is 3.10. The zero-order chi connectivity index (χ0) is 8.78. The molecule has 0 bridgehead atoms. The average Bonchev–Trinajstić information content (AvgIpc) is 2.81. The van der Waals surface area contributed by atoms with Crippen LogP contribution in [0.5, 0.6) is 0 Å². The van der Waals surface area contributed by atoms with Crippen molar-refractivity contribution in [3.05, 3.63) is 0 Å². The molecule has 1 N–H and O–H groups in total. The Bertz CT molecular complexity index is 183. The van der Waals surface area contributed by atoms with Crippen LogP contribution in [0.4, 0.5) is 0 Å². The summed E-state index contributed by atoms with van der Waals surface area (Å²) in [4.78, 5) is 0. The second-order valence-corrected chi connectivity index (χ2v) is 4.60. The lowest BCUT2D eigenvalue weighted by atomic mass is 9.95. The molecule has 74 valence electrons. The molecule has 2 saturated heterocycles. The van der Waals surface area contributed by atoms with Gasteiger partial charge in [-0.05, 0) is 25.8 Å². The van der Waals surface area contributed by atoms with E-state index in [2.05, 4.69) is 5.32 Å². The number of rotatable bonds is 0. The van der Waals surface area contributed by atoms with Crippen molar-refractivity contribution >= 4 is 0 Å². The van der Waals surface area contributed by atoms with Gasteiger partial charge in [-0.15, -0.1) is 0 Å². The van der Waals surface area contributed by atoms with Crippen LogP contribution in [0.15, 0.2) is 0 Å². The number of nitrogens with one attached hydrogen (secondary N) is 1. The molecular formula is C10H17NO2. The van der Waals surface area contributed by atoms with Crippen LogP contribution < -0.4 is 5.32 Å². The monoisotopic (exact) mass is 183 g/mol. The van der Waals surface area contributed by atoms with E-state index in [9.17, 15) is 0 Å². The van der Waals surface area contributed by atoms with E-state index in [0.717, 1.165) is 26.1 Å². The molecule has 13 heavy (non-hydrogen) atoms. The molecule has 2 spiro atoms. The predicted molar refractivity (Wildman–Crippen MR) is 48.5 cm³/mol. The molecule has 3 fully saturated rings. The Balaban J connectivity index is 1.76. The van der Waals surface area contributed by atoms with Crippen molar-refractivity contribution in [3.63, 3.8) is 0 Å². The maximum Gasteiger partial charge on any atom is 0.170 e. The third-order valence-corrected chi connectivity index (χ3v) is 3.74. The fraction of sp³-hybridized carbons (Fsp3) is 1.00. The Morgan fingerprint density at radius 2 is 1.85 bits per heavy atom. The Kier molecular flexibility index (Phi) is 1.70. The Labute approximate surface area is 78.8 Å². The van der Waals surface area contributed by atoms with Gasteiger partial charge in [0.1, 0.15) is 0 Å². The number of hydrogen-bond acceptors (Lipinski definition) is 3. The van der Waals surface area contributed by atoms with Crippen LogP contribution in [0, 0.1) is 0 Å². The first-order valence-electron chi connectivity index (χ1n) is 5.36. The highest BCUT2D eigenvalue weighted by Crippen LogP contribution is 2.46. The molecule has 0 amide bonds. The largest absolute Gasteiger partial charge is 0.347 e. The highest BCUT2D eigenvalue weighted by atomic mass is 16.7. The van der Waals surface area contributed by atoms with Crippen LogP contribution in [0.2, 0.25) is 0 Å². The van der Waals surface area contributed by atoms with Crippen LogP contribution in [0.1, 0.15) is 32.1 Å². The number of ether oxygens (including phenoxy) is 2. The fourth-order valence-corrected chi connectivity index (χ4v) is 3.10. The zero-order valence-electron chi connectivity index (χ0n) is 7.97. The molecule has 3 nitrogen and oxygen atoms in total. The molecule has 1 saturated carbocycles. The van der Waals surface area contributed by atoms with E-state index in [0.29, 0.717) is 5.54 Å². The molecule has 1 atom stereocenters. The van der Waals surface area contributed by atoms with E-state index in [1.165, 1.54) is 25.8 Å². The Hall–Kier alpha value is -0.120. The summed E-state index contributed by atoms with van der Waals surface area (Å²) >= 11 is 0. The average molecular weight is 183 g/mol. The first-order valence-corrected chi connectivity index (χ1v) is 5.36. The molecule has 2 heterocycles. The van der Waals surface area contributed by atoms with Crippen LogP contribution >= 0.6 is 0 Å². The van der Waals surface area contributed by atoms with Crippen molar-refractivity contribution in [2.24, 2.45) is 0 Å². The maximum absolute atomic E-state index is 5.73. The molecule has 3 heteroatoms. The van der Waals surface area contributed by atoms with Crippen molar-refractivity contribution < 1.29 is 9.47 Å². The summed E-state index contributed by atoms with van der Waals surface area (Å²) in [6, 6.07) is 0. The highest BCUT2D eigenvalue weighted by Gasteiger charge is 2.52. The summed E-state index contributed by atoms with van der Waals surface area (Å²) in [6.07, 6.45) is 6.00. The van der Waals surface area contributed by atoms with Gasteiger partial charge in [-0.25, -0.2) is 0 Å². The highest BCUT2D eigenvalue weighted by molar-refractivity contribution is 5.04. The van der Waals surface area contributed by atoms with Gasteiger partial charge in [-0.3, -0.25) is 0 Å². The first kappa shape index (κ1) is 8.21. The summed E-state index contributed by atoms with van der Waals surface area (Å²) in [5.41, 5.74) is 0.365. The SMILES string of the molecule is C1CNC2(C1)CCC1(C2)OCCO1. The summed E-state index contributed by atoms with van der Waals surface area (Å²) in [5, 5.41) is 3.62. The van der Waals surface area contributed by atoms with E-state index < -0.39 is 0 Å². The summed E-state index contributed by atoms with van der Waals surface area (Å²) in [5.74, 6) is -0.197. The maximum atomic E-state index is 5.73. The molecule has 1 aliphatic carbocycles. The van der Waals surface area contributed by atoms with Gasteiger partial charge in [-0.2, -0.15) is 0 Å². The van der Waals surface area contributed by atoms with E-state index in [1.807, 2.05) is 0 Å². The zero-order valence-corrected chi connectivity index (χ0v) is 7.97. The normalized spacial score (nSPS) is 42.5. The Morgan fingerprint density at radius 3 is 2.54 bits per heavy atom. The minimum absolute atomic E-state index is 0.197. The number of hydrogen-bond donors (Lipinski definition) is 1. The van der Waals surface area contributed by atoms with Crippen LogP contribution in [-0.2, 0) is 9.47 Å². The van der Waals surface area contributed by atoms with Gasteiger partial charge >= 0.3 is 0 Å². The smallest absolute Gasteiger partial charge is 0.170 e. The minimum atomic E-state index is -0.197. The van der Waals surface area contributed by atoms with Gasteiger partial charge in [0.2, 0.25) is 0 Å². The molecule has 2 aliphatic heterocycles. The third-order valence-electron chi connectivity index (χ3n) is 3.74. The molecule has 0 aromatic carbocycles. The van der Waals surface area contributed by atoms with Crippen LogP contribution in [0.25, 0.3) is 0 Å². The molecule has 0 radical (unpaired) electrons. The first-order chi connectivity index (χ1) is 6.33. The van der Waals surface area contributed by atoms with Crippen molar-refractivity contribution in [1.82, 2.24) is 5.32 Å². The van der Waals surface area contributed by atoms with Crippen molar-refractivity contribution in [3.8, 4) is 0 Å². The van der Waals surface area contributed by atoms with E-state index in [-0.39, 0.29) is 5.79 Å². The standard InChI is InChI=1S/C10H17NO2/c1-2-9(11-5-1)3-4-10(8-9)12-6-7-13-10/h11H,1-8H2. The molecule has 0 aromatic heterocycles. The lowest BCUT2D eigenvalue weighted by molar-refractivity contribution is -0.153. The molecule has 3 rings (SSSR count). The second kappa shape index (κ2) is 2.69. The topological polar surface area (TPSA) is 30.5 Å². The molecular weight excluding hydrogens is 166 g/mol. The lowest BCUT2D eigenvalue weighted by Crippen LogP contribution is -2.40. The molecule has 3 aliphatic rings. The van der Waals surface area contributed by atoms with E-state index in [4.69, 9.17) is 9.47 Å². The van der Waals surface area contributed by atoms with Crippen LogP contribution in [0.3, 0.4) is 0 Å². The third kappa shape index (κ3) is 1.22. The predicted octanol–water partition coefficient (Wildman–Crippen LogP) is 1.04. The van der Waals surface area contributed by atoms with Crippen LogP contribution in [-0.4, -0.2) is 31.1 Å². The van der Waals surface area contributed by atoms with Crippen molar-refractivity contribution in [2.75, 3.05) is 19.8 Å². The van der Waals surface area contributed by atoms with Gasteiger partial charge in [0.15, 0.2) is 5.79 Å². The van der Waals surface area contributed by atoms with Gasteiger partial charge in [-0.1, -0.05) is 0 Å². The Morgan fingerprint density at radius 1 is 1.00 bits per heavy atom. The molecule has 1 unspecified atom stereocenters. The van der Waals surface area contributed by atoms with Gasteiger partial charge in [0.25, 0.3) is 0 Å². The van der Waals surface area contributed by atoms with Gasteiger partial charge in [0, 0.05) is 18.4 Å². The van der Waals surface area contributed by atoms with E-state index >= 15 is 0 Å². The summed E-state index contributed by atoms with van der Waals surface area (Å²) < 4.78 is 11.5. The minimum Gasteiger partial charge on any atom is -0.347 e. The lowest BCUT2D eigenvalue weighted by Gasteiger charge is -2.27. The van der Waals surface area contributed by atoms with E-state index in [1.54, 1.807) is 0 Å². The summed E-state index contributed by atoms with van der Waals surface area (Å²) in [7, 11) is 0. The molecule has 0 aromatic rings. The quantitative estimate of drug-likeness (QED) is 0.608. The van der Waals surface area contributed by atoms with Gasteiger partial charge < -0.3 is 14.8 Å². The van der Waals surface area contributed by atoms with Crippen molar-refractivity contribution in [2.45, 2.75) is 43.4 Å². The van der Waals surface area contributed by atoms with Gasteiger partial charge in [0.05, 0.1) is 13.2 Å². The second-order valence-electron chi connectivity index (χ2n) is 4.60. The van der Waals surface area contributed by atoms with Crippen molar-refractivity contribution in [1.29, 1.82) is 0 Å².